The monoisotopic (exact) mass is 439 g/mol. The van der Waals surface area contributed by atoms with E-state index in [9.17, 15) is 18.9 Å². The fraction of sp³-hybridized carbons (Fsp3) is 0.217. The van der Waals surface area contributed by atoms with Crippen LogP contribution in [0, 0.1) is 0 Å². The Bertz CT molecular complexity index is 1130. The minimum atomic E-state index is -1.12. The number of amides is 1. The van der Waals surface area contributed by atoms with Crippen LogP contribution in [0.5, 0.6) is 0 Å². The van der Waals surface area contributed by atoms with E-state index in [1.165, 1.54) is 22.5 Å². The van der Waals surface area contributed by atoms with Crippen molar-refractivity contribution in [3.63, 3.8) is 0 Å². The van der Waals surface area contributed by atoms with Crippen LogP contribution in [0.3, 0.4) is 0 Å². The van der Waals surface area contributed by atoms with Gasteiger partial charge in [-0.15, -0.1) is 11.3 Å². The van der Waals surface area contributed by atoms with E-state index in [4.69, 9.17) is 0 Å². The zero-order valence-corrected chi connectivity index (χ0v) is 18.0. The van der Waals surface area contributed by atoms with Crippen molar-refractivity contribution in [2.75, 3.05) is 11.6 Å². The first kappa shape index (κ1) is 20.5. The lowest BCUT2D eigenvalue weighted by molar-refractivity contribution is 0.0696. The predicted molar refractivity (Wildman–Crippen MR) is 119 cm³/mol. The van der Waals surface area contributed by atoms with Gasteiger partial charge in [-0.3, -0.25) is 9.00 Å². The average molecular weight is 440 g/mol. The number of carbonyl (C=O) groups excluding carboxylic acids is 1. The number of nitrogens with one attached hydrogen (secondary N) is 1. The summed E-state index contributed by atoms with van der Waals surface area (Å²) in [6, 6.07) is 14.7. The minimum Gasteiger partial charge on any atom is -0.478 e. The summed E-state index contributed by atoms with van der Waals surface area (Å²) < 4.78 is 11.5. The summed E-state index contributed by atoms with van der Waals surface area (Å²) >= 11 is 1.25. The van der Waals surface area contributed by atoms with Gasteiger partial charge in [0, 0.05) is 27.5 Å². The normalized spacial score (nSPS) is 16.5. The number of carboxylic acids is 1. The summed E-state index contributed by atoms with van der Waals surface area (Å²) in [6.07, 6.45) is 4.18. The largest absolute Gasteiger partial charge is 0.478 e. The number of carboxylic acid groups (broad SMARTS) is 1. The molecule has 154 valence electrons. The number of thiophene rings is 1. The van der Waals surface area contributed by atoms with Crippen LogP contribution in [0.4, 0.5) is 5.00 Å². The van der Waals surface area contributed by atoms with Gasteiger partial charge in [0.2, 0.25) is 0 Å². The molecule has 2 unspecified atom stereocenters. The molecule has 1 aliphatic carbocycles. The van der Waals surface area contributed by atoms with Gasteiger partial charge in [-0.1, -0.05) is 24.3 Å². The highest BCUT2D eigenvalue weighted by molar-refractivity contribution is 7.84. The molecule has 2 aromatic carbocycles. The fourth-order valence-corrected chi connectivity index (χ4v) is 5.47. The number of hydrogen-bond acceptors (Lipinski definition) is 4. The number of aromatic carboxylic acids is 1. The second-order valence-electron chi connectivity index (χ2n) is 7.34. The number of fused-ring (bicyclic) bond motifs is 1. The number of benzene rings is 2. The van der Waals surface area contributed by atoms with E-state index in [0.717, 1.165) is 24.8 Å². The maximum absolute atomic E-state index is 12.6. The summed E-state index contributed by atoms with van der Waals surface area (Å²) in [5.41, 5.74) is 3.95. The van der Waals surface area contributed by atoms with E-state index in [-0.39, 0.29) is 17.4 Å². The Morgan fingerprint density at radius 1 is 1.10 bits per heavy atom. The molecule has 0 saturated carbocycles. The number of hydrogen-bond donors (Lipinski definition) is 2. The van der Waals surface area contributed by atoms with Crippen molar-refractivity contribution in [1.82, 2.24) is 0 Å². The van der Waals surface area contributed by atoms with Gasteiger partial charge in [0.25, 0.3) is 5.91 Å². The van der Waals surface area contributed by atoms with Crippen LogP contribution >= 0.6 is 11.3 Å². The lowest BCUT2D eigenvalue weighted by Gasteiger charge is -2.24. The Morgan fingerprint density at radius 3 is 2.47 bits per heavy atom. The molecule has 2 N–H and O–H groups in total. The zero-order valence-electron chi connectivity index (χ0n) is 16.4. The molecule has 0 radical (unpaired) electrons. The van der Waals surface area contributed by atoms with Gasteiger partial charge < -0.3 is 10.4 Å². The first-order chi connectivity index (χ1) is 14.4. The second-order valence-corrected chi connectivity index (χ2v) is 9.60. The highest BCUT2D eigenvalue weighted by Gasteiger charge is 2.28. The molecule has 2 atom stereocenters. The van der Waals surface area contributed by atoms with Crippen molar-refractivity contribution in [2.24, 2.45) is 0 Å². The van der Waals surface area contributed by atoms with Crippen molar-refractivity contribution >= 4 is 39.0 Å². The van der Waals surface area contributed by atoms with Crippen LogP contribution in [-0.4, -0.2) is 27.4 Å². The molecule has 0 saturated heterocycles. The van der Waals surface area contributed by atoms with Gasteiger partial charge in [0.05, 0.1) is 5.56 Å². The van der Waals surface area contributed by atoms with E-state index in [0.29, 0.717) is 15.5 Å². The van der Waals surface area contributed by atoms with E-state index in [2.05, 4.69) is 17.4 Å². The van der Waals surface area contributed by atoms with E-state index < -0.39 is 16.8 Å². The highest BCUT2D eigenvalue weighted by atomic mass is 32.2. The van der Waals surface area contributed by atoms with Crippen molar-refractivity contribution < 1.29 is 18.9 Å². The molecule has 4 rings (SSSR count). The molecule has 1 aromatic heterocycles. The Balaban J connectivity index is 1.58. The van der Waals surface area contributed by atoms with Crippen LogP contribution in [-0.2, 0) is 23.6 Å². The Hall–Kier alpha value is -2.77. The summed E-state index contributed by atoms with van der Waals surface area (Å²) in [5, 5.41) is 14.8. The molecule has 7 heteroatoms. The number of rotatable bonds is 5. The van der Waals surface area contributed by atoms with Gasteiger partial charge in [-0.2, -0.15) is 0 Å². The second kappa shape index (κ2) is 8.53. The molecule has 30 heavy (non-hydrogen) atoms. The maximum Gasteiger partial charge on any atom is 0.339 e. The van der Waals surface area contributed by atoms with Crippen LogP contribution < -0.4 is 5.32 Å². The maximum atomic E-state index is 12.6. The fourth-order valence-electron chi connectivity index (χ4n) is 3.92. The average Bonchev–Trinajstić information content (AvgIpc) is 3.17. The van der Waals surface area contributed by atoms with Crippen LogP contribution in [0.15, 0.2) is 58.8 Å². The molecular formula is C23H21NO4S2. The molecule has 0 aliphatic heterocycles. The zero-order chi connectivity index (χ0) is 21.3. The quantitative estimate of drug-likeness (QED) is 0.603. The third-order valence-corrected chi connectivity index (χ3v) is 7.35. The molecule has 0 spiro atoms. The lowest BCUT2D eigenvalue weighted by Crippen LogP contribution is -2.17. The van der Waals surface area contributed by atoms with Gasteiger partial charge in [-0.25, -0.2) is 4.79 Å². The molecule has 1 heterocycles. The van der Waals surface area contributed by atoms with Crippen LogP contribution in [0.2, 0.25) is 0 Å². The Morgan fingerprint density at radius 2 is 1.80 bits per heavy atom. The smallest absolute Gasteiger partial charge is 0.339 e. The first-order valence-electron chi connectivity index (χ1n) is 9.60. The lowest BCUT2D eigenvalue weighted by atomic mass is 9.80. The molecule has 1 amide bonds. The van der Waals surface area contributed by atoms with Gasteiger partial charge >= 0.3 is 5.97 Å². The topological polar surface area (TPSA) is 83.5 Å². The molecule has 3 aromatic rings. The summed E-state index contributed by atoms with van der Waals surface area (Å²) in [7, 11) is -1.12. The SMILES string of the molecule is CS(=O)c1ccc(C(=O)Nc2scc(C3CCc4ccccc4C3)c2C(=O)O)cc1. The molecule has 0 bridgehead atoms. The van der Waals surface area contributed by atoms with Crippen molar-refractivity contribution in [3.8, 4) is 0 Å². The minimum absolute atomic E-state index is 0.117. The summed E-state index contributed by atoms with van der Waals surface area (Å²) in [6.45, 7) is 0. The van der Waals surface area contributed by atoms with Gasteiger partial charge in [0.1, 0.15) is 5.00 Å². The van der Waals surface area contributed by atoms with Crippen molar-refractivity contribution in [3.05, 3.63) is 81.7 Å². The van der Waals surface area contributed by atoms with Crippen LogP contribution in [0.25, 0.3) is 0 Å². The predicted octanol–water partition coefficient (Wildman–Crippen LogP) is 4.71. The van der Waals surface area contributed by atoms with Gasteiger partial charge in [0.15, 0.2) is 0 Å². The van der Waals surface area contributed by atoms with Crippen molar-refractivity contribution in [1.29, 1.82) is 0 Å². The molecule has 5 nitrogen and oxygen atoms in total. The molecular weight excluding hydrogens is 418 g/mol. The van der Waals surface area contributed by atoms with Gasteiger partial charge in [-0.05, 0) is 71.5 Å². The number of carbonyl (C=O) groups is 2. The Labute approximate surface area is 181 Å². The van der Waals surface area contributed by atoms with Crippen LogP contribution in [0.1, 0.15) is 49.7 Å². The number of anilines is 1. The summed E-state index contributed by atoms with van der Waals surface area (Å²) in [4.78, 5) is 25.3. The molecule has 0 fully saturated rings. The Kier molecular flexibility index (Phi) is 5.83. The van der Waals surface area contributed by atoms with E-state index in [1.54, 1.807) is 30.5 Å². The number of aryl methyl sites for hydroxylation is 1. The molecule has 1 aliphatic rings. The summed E-state index contributed by atoms with van der Waals surface area (Å²) in [5.74, 6) is -1.29. The van der Waals surface area contributed by atoms with E-state index in [1.807, 2.05) is 17.5 Å². The standard InChI is InChI=1S/C23H21NO4S2/c1-30(28)18-10-8-15(9-11-18)21(25)24-22-20(23(26)27)19(13-29-22)17-7-6-14-4-2-3-5-16(14)12-17/h2-5,8-11,13,17H,6-7,12H2,1H3,(H,24,25)(H,26,27). The van der Waals surface area contributed by atoms with Crippen molar-refractivity contribution in [2.45, 2.75) is 30.1 Å². The third-order valence-electron chi connectivity index (χ3n) is 5.50. The van der Waals surface area contributed by atoms with E-state index >= 15 is 0 Å². The third kappa shape index (κ3) is 4.08. The first-order valence-corrected chi connectivity index (χ1v) is 12.0. The highest BCUT2D eigenvalue weighted by Crippen LogP contribution is 2.39.